The normalized spacial score (nSPS) is 10.7. The molecule has 0 radical (unpaired) electrons. The number of para-hydroxylation sites is 1. The summed E-state index contributed by atoms with van der Waals surface area (Å²) in [5, 5.41) is 1.02. The third-order valence-corrected chi connectivity index (χ3v) is 2.88. The first-order valence-corrected chi connectivity index (χ1v) is 5.13. The van der Waals surface area contributed by atoms with E-state index < -0.39 is 0 Å². The lowest BCUT2D eigenvalue weighted by Crippen LogP contribution is -1.94. The summed E-state index contributed by atoms with van der Waals surface area (Å²) in [7, 11) is 0. The van der Waals surface area contributed by atoms with Crippen LogP contribution >= 0.6 is 15.9 Å². The van der Waals surface area contributed by atoms with Gasteiger partial charge in [-0.2, -0.15) is 0 Å². The van der Waals surface area contributed by atoms with E-state index in [0.29, 0.717) is 12.2 Å². The van der Waals surface area contributed by atoms with Crippen LogP contribution in [-0.2, 0) is 11.2 Å². The van der Waals surface area contributed by atoms with Gasteiger partial charge in [-0.25, -0.2) is 0 Å². The number of carbonyl (C=O) groups excluding carboxylic acids is 1. The number of benzene rings is 1. The van der Waals surface area contributed by atoms with Crippen molar-refractivity contribution in [2.75, 3.05) is 0 Å². The van der Waals surface area contributed by atoms with E-state index in [1.807, 2.05) is 24.3 Å². The van der Waals surface area contributed by atoms with Crippen molar-refractivity contribution in [2.45, 2.75) is 13.3 Å². The first kappa shape index (κ1) is 9.46. The Bertz CT molecular complexity index is 485. The molecule has 2 rings (SSSR count). The maximum absolute atomic E-state index is 11.0. The maximum Gasteiger partial charge on any atom is 0.137 e. The number of hydrogen-bond donors (Lipinski definition) is 0. The number of Topliss-reactive ketones (excluding diaryl/α,β-unsaturated/α-hetero) is 1. The molecule has 0 bridgehead atoms. The standard InChI is InChI=1S/C11H9BrO2/c1-7(13)6-10-11(12)8-4-2-3-5-9(8)14-10/h2-5H,6H2,1H3. The highest BCUT2D eigenvalue weighted by Crippen LogP contribution is 2.30. The fourth-order valence-corrected chi connectivity index (χ4v) is 1.95. The zero-order valence-electron chi connectivity index (χ0n) is 7.71. The number of rotatable bonds is 2. The lowest BCUT2D eigenvalue weighted by Gasteiger charge is -1.90. The molecule has 0 spiro atoms. The van der Waals surface area contributed by atoms with Crippen molar-refractivity contribution in [3.05, 3.63) is 34.5 Å². The van der Waals surface area contributed by atoms with Crippen LogP contribution in [0.3, 0.4) is 0 Å². The molecule has 0 amide bonds. The number of furan rings is 1. The first-order chi connectivity index (χ1) is 6.68. The number of halogens is 1. The third kappa shape index (κ3) is 1.60. The molecule has 2 nitrogen and oxygen atoms in total. The largest absolute Gasteiger partial charge is 0.459 e. The molecule has 0 aliphatic carbocycles. The molecule has 0 N–H and O–H groups in total. The number of hydrogen-bond acceptors (Lipinski definition) is 2. The molecule has 0 unspecified atom stereocenters. The van der Waals surface area contributed by atoms with Crippen molar-refractivity contribution in [3.63, 3.8) is 0 Å². The Balaban J connectivity index is 2.57. The lowest BCUT2D eigenvalue weighted by atomic mass is 10.2. The molecule has 1 aromatic heterocycles. The quantitative estimate of drug-likeness (QED) is 0.821. The fraction of sp³-hybridized carbons (Fsp3) is 0.182. The van der Waals surface area contributed by atoms with Gasteiger partial charge < -0.3 is 4.42 Å². The average molecular weight is 253 g/mol. The second-order valence-corrected chi connectivity index (χ2v) is 4.01. The molecule has 2 aromatic rings. The smallest absolute Gasteiger partial charge is 0.137 e. The molecular formula is C11H9BrO2. The van der Waals surface area contributed by atoms with Gasteiger partial charge in [-0.15, -0.1) is 0 Å². The topological polar surface area (TPSA) is 30.2 Å². The summed E-state index contributed by atoms with van der Waals surface area (Å²) in [4.78, 5) is 11.0. The van der Waals surface area contributed by atoms with Gasteiger partial charge in [0.2, 0.25) is 0 Å². The van der Waals surface area contributed by atoms with Gasteiger partial charge in [0.15, 0.2) is 0 Å². The van der Waals surface area contributed by atoms with Crippen LogP contribution in [0, 0.1) is 0 Å². The minimum atomic E-state index is 0.102. The van der Waals surface area contributed by atoms with Crippen molar-refractivity contribution >= 4 is 32.7 Å². The predicted molar refractivity (Wildman–Crippen MR) is 58.3 cm³/mol. The van der Waals surface area contributed by atoms with Gasteiger partial charge in [-0.3, -0.25) is 4.79 Å². The third-order valence-electron chi connectivity index (χ3n) is 2.01. The Hall–Kier alpha value is -1.09. The number of carbonyl (C=O) groups is 1. The van der Waals surface area contributed by atoms with Crippen molar-refractivity contribution < 1.29 is 9.21 Å². The molecule has 72 valence electrons. The van der Waals surface area contributed by atoms with E-state index >= 15 is 0 Å². The van der Waals surface area contributed by atoms with Crippen LogP contribution in [0.2, 0.25) is 0 Å². The maximum atomic E-state index is 11.0. The van der Waals surface area contributed by atoms with Crippen LogP contribution in [0.4, 0.5) is 0 Å². The van der Waals surface area contributed by atoms with Gasteiger partial charge in [-0.05, 0) is 35.0 Å². The second-order valence-electron chi connectivity index (χ2n) is 3.21. The van der Waals surface area contributed by atoms with Crippen LogP contribution in [0.15, 0.2) is 33.2 Å². The minimum Gasteiger partial charge on any atom is -0.459 e. The molecule has 14 heavy (non-hydrogen) atoms. The Morgan fingerprint density at radius 3 is 2.79 bits per heavy atom. The van der Waals surface area contributed by atoms with Crippen LogP contribution in [0.1, 0.15) is 12.7 Å². The van der Waals surface area contributed by atoms with Crippen LogP contribution in [0.5, 0.6) is 0 Å². The molecule has 3 heteroatoms. The number of fused-ring (bicyclic) bond motifs is 1. The summed E-state index contributed by atoms with van der Waals surface area (Å²) in [5.41, 5.74) is 0.815. The molecule has 0 saturated carbocycles. The van der Waals surface area contributed by atoms with E-state index in [4.69, 9.17) is 4.42 Å². The highest BCUT2D eigenvalue weighted by atomic mass is 79.9. The predicted octanol–water partition coefficient (Wildman–Crippen LogP) is 3.33. The molecule has 1 heterocycles. The summed E-state index contributed by atoms with van der Waals surface area (Å²) in [6.45, 7) is 1.56. The average Bonchev–Trinajstić information content (AvgIpc) is 2.44. The molecule has 0 aliphatic rings. The molecule has 0 fully saturated rings. The highest BCUT2D eigenvalue weighted by Gasteiger charge is 2.12. The van der Waals surface area contributed by atoms with Gasteiger partial charge in [-0.1, -0.05) is 12.1 Å². The van der Waals surface area contributed by atoms with Gasteiger partial charge in [0.05, 0.1) is 10.9 Å². The Morgan fingerprint density at radius 2 is 2.14 bits per heavy atom. The van der Waals surface area contributed by atoms with Crippen LogP contribution < -0.4 is 0 Å². The van der Waals surface area contributed by atoms with E-state index in [0.717, 1.165) is 15.4 Å². The molecular weight excluding hydrogens is 244 g/mol. The van der Waals surface area contributed by atoms with Crippen molar-refractivity contribution in [2.24, 2.45) is 0 Å². The number of ketones is 1. The van der Waals surface area contributed by atoms with E-state index in [9.17, 15) is 4.79 Å². The van der Waals surface area contributed by atoms with E-state index in [1.54, 1.807) is 6.92 Å². The van der Waals surface area contributed by atoms with Gasteiger partial charge >= 0.3 is 0 Å². The van der Waals surface area contributed by atoms with Gasteiger partial charge in [0.1, 0.15) is 17.1 Å². The summed E-state index contributed by atoms with van der Waals surface area (Å²) in [6, 6.07) is 7.71. The Kier molecular flexibility index (Phi) is 2.42. The minimum absolute atomic E-state index is 0.102. The monoisotopic (exact) mass is 252 g/mol. The molecule has 1 aromatic carbocycles. The molecule has 0 saturated heterocycles. The molecule has 0 aliphatic heterocycles. The first-order valence-electron chi connectivity index (χ1n) is 4.34. The van der Waals surface area contributed by atoms with Crippen molar-refractivity contribution in [3.8, 4) is 0 Å². The van der Waals surface area contributed by atoms with Gasteiger partial charge in [0, 0.05) is 5.39 Å². The van der Waals surface area contributed by atoms with Crippen molar-refractivity contribution in [1.29, 1.82) is 0 Å². The molecule has 0 atom stereocenters. The highest BCUT2D eigenvalue weighted by molar-refractivity contribution is 9.10. The Labute approximate surface area is 90.0 Å². The van der Waals surface area contributed by atoms with E-state index in [1.165, 1.54) is 0 Å². The lowest BCUT2D eigenvalue weighted by molar-refractivity contribution is -0.116. The van der Waals surface area contributed by atoms with Crippen LogP contribution in [-0.4, -0.2) is 5.78 Å². The SMILES string of the molecule is CC(=O)Cc1oc2ccccc2c1Br. The van der Waals surface area contributed by atoms with E-state index in [-0.39, 0.29) is 5.78 Å². The zero-order valence-corrected chi connectivity index (χ0v) is 9.30. The Morgan fingerprint density at radius 1 is 1.43 bits per heavy atom. The second kappa shape index (κ2) is 3.58. The summed E-state index contributed by atoms with van der Waals surface area (Å²) in [5.74, 6) is 0.809. The van der Waals surface area contributed by atoms with Crippen LogP contribution in [0.25, 0.3) is 11.0 Å². The fourth-order valence-electron chi connectivity index (χ4n) is 1.40. The van der Waals surface area contributed by atoms with Gasteiger partial charge in [0.25, 0.3) is 0 Å². The van der Waals surface area contributed by atoms with Crippen molar-refractivity contribution in [1.82, 2.24) is 0 Å². The summed E-state index contributed by atoms with van der Waals surface area (Å²) in [6.07, 6.45) is 0.343. The summed E-state index contributed by atoms with van der Waals surface area (Å²) < 4.78 is 6.43. The zero-order chi connectivity index (χ0) is 10.1. The summed E-state index contributed by atoms with van der Waals surface area (Å²) >= 11 is 3.43. The van der Waals surface area contributed by atoms with E-state index in [2.05, 4.69) is 15.9 Å².